The van der Waals surface area contributed by atoms with Crippen LogP contribution in [0.5, 0.6) is 0 Å². The molecule has 0 amide bonds. The molecule has 1 aliphatic heterocycles. The maximum Gasteiger partial charge on any atom is 0.331 e. The lowest BCUT2D eigenvalue weighted by Gasteiger charge is -2.25. The molecular weight excluding hydrogens is 446 g/mol. The predicted octanol–water partition coefficient (Wildman–Crippen LogP) is 3.47. The molecule has 0 saturated heterocycles. The fourth-order valence-corrected chi connectivity index (χ4v) is 5.10. The summed E-state index contributed by atoms with van der Waals surface area (Å²) in [4.78, 5) is 25.8. The Bertz CT molecular complexity index is 1020. The number of ketones is 1. The largest absolute Gasteiger partial charge is 0.465 e. The van der Waals surface area contributed by atoms with Crippen LogP contribution >= 0.6 is 15.9 Å². The molecule has 1 heterocycles. The number of carbonyl (C=O) groups excluding carboxylic acids is 2. The molecule has 0 N–H and O–H groups in total. The minimum atomic E-state index is -3.92. The van der Waals surface area contributed by atoms with Gasteiger partial charge in [-0.3, -0.25) is 13.9 Å². The molecule has 0 fully saturated rings. The first-order valence-corrected chi connectivity index (χ1v) is 11.0. The Morgan fingerprint density at radius 1 is 1.18 bits per heavy atom. The Morgan fingerprint density at radius 3 is 2.46 bits per heavy atom. The van der Waals surface area contributed by atoms with Gasteiger partial charge in [0.2, 0.25) is 0 Å². The van der Waals surface area contributed by atoms with Crippen LogP contribution in [-0.2, 0) is 19.6 Å². The lowest BCUT2D eigenvalue weighted by molar-refractivity contribution is -0.144. The number of aryl methyl sites for hydroxylation is 1. The Kier molecular flexibility index (Phi) is 5.63. The van der Waals surface area contributed by atoms with E-state index >= 15 is 0 Å². The number of alkyl halides is 1. The third-order valence-electron chi connectivity index (χ3n) is 4.64. The normalized spacial score (nSPS) is 19.7. The standard InChI is InChI=1S/C20H20BrNO5S/c1-3-27-19(24)20(21)12-13-22(17-7-5-4-6-16(17)18(20)23)28(25,26)15-10-8-14(2)9-11-15/h4-11H,3,12-13H2,1-2H3/t20-/m1/s1. The minimum Gasteiger partial charge on any atom is -0.465 e. The van der Waals surface area contributed by atoms with Crippen molar-refractivity contribution in [1.82, 2.24) is 0 Å². The molecule has 0 radical (unpaired) electrons. The van der Waals surface area contributed by atoms with Crippen LogP contribution in [0.2, 0.25) is 0 Å². The van der Waals surface area contributed by atoms with Crippen LogP contribution in [0.15, 0.2) is 53.4 Å². The molecule has 0 bridgehead atoms. The second-order valence-electron chi connectivity index (χ2n) is 6.51. The first kappa shape index (κ1) is 20.5. The third-order valence-corrected chi connectivity index (χ3v) is 7.55. The highest BCUT2D eigenvalue weighted by atomic mass is 79.9. The van der Waals surface area contributed by atoms with Gasteiger partial charge in [-0.1, -0.05) is 45.8 Å². The molecule has 2 aromatic rings. The first-order chi connectivity index (χ1) is 13.2. The number of rotatable bonds is 4. The topological polar surface area (TPSA) is 80.8 Å². The van der Waals surface area contributed by atoms with Gasteiger partial charge < -0.3 is 4.74 Å². The number of anilines is 1. The maximum absolute atomic E-state index is 13.3. The number of sulfonamides is 1. The van der Waals surface area contributed by atoms with Crippen LogP contribution in [0.3, 0.4) is 0 Å². The molecule has 0 unspecified atom stereocenters. The molecule has 6 nitrogen and oxygen atoms in total. The monoisotopic (exact) mass is 465 g/mol. The number of fused-ring (bicyclic) bond motifs is 1. The molecule has 2 aromatic carbocycles. The molecule has 0 spiro atoms. The summed E-state index contributed by atoms with van der Waals surface area (Å²) in [6, 6.07) is 12.9. The van der Waals surface area contributed by atoms with Crippen molar-refractivity contribution in [2.45, 2.75) is 29.5 Å². The number of hydrogen-bond acceptors (Lipinski definition) is 5. The summed E-state index contributed by atoms with van der Waals surface area (Å²) in [7, 11) is -3.92. The van der Waals surface area contributed by atoms with Gasteiger partial charge in [-0.25, -0.2) is 8.42 Å². The van der Waals surface area contributed by atoms with Crippen LogP contribution < -0.4 is 4.31 Å². The van der Waals surface area contributed by atoms with Crippen LogP contribution in [0.4, 0.5) is 5.69 Å². The van der Waals surface area contributed by atoms with E-state index in [0.717, 1.165) is 5.56 Å². The van der Waals surface area contributed by atoms with Gasteiger partial charge in [0.25, 0.3) is 10.0 Å². The van der Waals surface area contributed by atoms with Crippen molar-refractivity contribution in [1.29, 1.82) is 0 Å². The summed E-state index contributed by atoms with van der Waals surface area (Å²) in [5, 5.41) is 0. The number of hydrogen-bond donors (Lipinski definition) is 0. The number of ether oxygens (including phenoxy) is 1. The Hall–Kier alpha value is -2.19. The number of carbonyl (C=O) groups is 2. The van der Waals surface area contributed by atoms with E-state index in [2.05, 4.69) is 15.9 Å². The molecular formula is C20H20BrNO5S. The van der Waals surface area contributed by atoms with Gasteiger partial charge in [-0.15, -0.1) is 0 Å². The fraction of sp³-hybridized carbons (Fsp3) is 0.300. The van der Waals surface area contributed by atoms with Crippen LogP contribution in [0.25, 0.3) is 0 Å². The van der Waals surface area contributed by atoms with E-state index in [4.69, 9.17) is 4.74 Å². The van der Waals surface area contributed by atoms with Crippen molar-refractivity contribution in [3.63, 3.8) is 0 Å². The molecule has 1 aliphatic rings. The van der Waals surface area contributed by atoms with Crippen molar-refractivity contribution in [3.8, 4) is 0 Å². The molecule has 8 heteroatoms. The Balaban J connectivity index is 2.13. The van der Waals surface area contributed by atoms with Gasteiger partial charge in [0.15, 0.2) is 10.1 Å². The summed E-state index contributed by atoms with van der Waals surface area (Å²) in [6.45, 7) is 3.59. The quantitative estimate of drug-likeness (QED) is 0.392. The zero-order chi connectivity index (χ0) is 20.5. The van der Waals surface area contributed by atoms with E-state index in [9.17, 15) is 18.0 Å². The second kappa shape index (κ2) is 7.67. The first-order valence-electron chi connectivity index (χ1n) is 8.81. The average Bonchev–Trinajstić information content (AvgIpc) is 2.79. The highest BCUT2D eigenvalue weighted by Crippen LogP contribution is 2.39. The van der Waals surface area contributed by atoms with Gasteiger partial charge in [-0.2, -0.15) is 0 Å². The summed E-state index contributed by atoms with van der Waals surface area (Å²) in [6.07, 6.45) is -0.0512. The number of esters is 1. The minimum absolute atomic E-state index is 0.0512. The molecule has 0 aliphatic carbocycles. The molecule has 0 aromatic heterocycles. The van der Waals surface area contributed by atoms with Crippen LogP contribution in [0, 0.1) is 6.92 Å². The summed E-state index contributed by atoms with van der Waals surface area (Å²) in [5.41, 5.74) is 1.34. The van der Waals surface area contributed by atoms with Crippen LogP contribution in [0.1, 0.15) is 29.3 Å². The Morgan fingerprint density at radius 2 is 1.82 bits per heavy atom. The summed E-state index contributed by atoms with van der Waals surface area (Å²) >= 11 is 3.26. The zero-order valence-electron chi connectivity index (χ0n) is 15.5. The van der Waals surface area contributed by atoms with Crippen molar-refractivity contribution in [2.24, 2.45) is 0 Å². The summed E-state index contributed by atoms with van der Waals surface area (Å²) < 4.78 is 31.2. The van der Waals surface area contributed by atoms with E-state index in [-0.39, 0.29) is 35.7 Å². The predicted molar refractivity (Wildman–Crippen MR) is 109 cm³/mol. The molecule has 3 rings (SSSR count). The number of nitrogens with zero attached hydrogens (tertiary/aromatic N) is 1. The van der Waals surface area contributed by atoms with E-state index in [1.165, 1.54) is 22.5 Å². The molecule has 0 saturated carbocycles. The number of para-hydroxylation sites is 1. The van der Waals surface area contributed by atoms with E-state index in [1.807, 2.05) is 6.92 Å². The van der Waals surface area contributed by atoms with Gasteiger partial charge in [-0.05, 0) is 44.5 Å². The smallest absolute Gasteiger partial charge is 0.331 e. The van der Waals surface area contributed by atoms with Crippen molar-refractivity contribution in [3.05, 3.63) is 59.7 Å². The highest BCUT2D eigenvalue weighted by Gasteiger charge is 2.49. The molecule has 28 heavy (non-hydrogen) atoms. The highest BCUT2D eigenvalue weighted by molar-refractivity contribution is 9.10. The molecule has 1 atom stereocenters. The number of halogens is 1. The van der Waals surface area contributed by atoms with Crippen LogP contribution in [-0.4, -0.2) is 37.6 Å². The SMILES string of the molecule is CCOC(=O)[C@@]1(Br)CCN(S(=O)(=O)c2ccc(C)cc2)c2ccccc2C1=O. The van der Waals surface area contributed by atoms with Gasteiger partial charge >= 0.3 is 5.97 Å². The second-order valence-corrected chi connectivity index (χ2v) is 9.72. The van der Waals surface area contributed by atoms with Gasteiger partial charge in [0.05, 0.1) is 17.2 Å². The lowest BCUT2D eigenvalue weighted by atomic mass is 9.95. The van der Waals surface area contributed by atoms with Crippen molar-refractivity contribution < 1.29 is 22.7 Å². The van der Waals surface area contributed by atoms with Gasteiger partial charge in [0.1, 0.15) is 0 Å². The van der Waals surface area contributed by atoms with E-state index in [1.54, 1.807) is 37.3 Å². The fourth-order valence-electron chi connectivity index (χ4n) is 3.11. The lowest BCUT2D eigenvalue weighted by Crippen LogP contribution is -2.43. The zero-order valence-corrected chi connectivity index (χ0v) is 17.9. The molecule has 148 valence electrons. The maximum atomic E-state index is 13.3. The number of benzene rings is 2. The Labute approximate surface area is 172 Å². The van der Waals surface area contributed by atoms with Crippen molar-refractivity contribution >= 4 is 43.4 Å². The summed E-state index contributed by atoms with van der Waals surface area (Å²) in [5.74, 6) is -1.23. The number of Topliss-reactive ketones (excluding diaryl/α,β-unsaturated/α-hetero) is 1. The third kappa shape index (κ3) is 3.46. The average molecular weight is 466 g/mol. The van der Waals surface area contributed by atoms with E-state index < -0.39 is 26.1 Å². The van der Waals surface area contributed by atoms with Crippen molar-refractivity contribution in [2.75, 3.05) is 17.5 Å². The van der Waals surface area contributed by atoms with E-state index in [0.29, 0.717) is 0 Å². The van der Waals surface area contributed by atoms with Gasteiger partial charge in [0, 0.05) is 12.1 Å².